The fourth-order valence-electron chi connectivity index (χ4n) is 3.67. The number of carbonyl (C=O) groups is 1. The Balaban J connectivity index is 1.61. The first-order chi connectivity index (χ1) is 16.2. The van der Waals surface area contributed by atoms with Crippen molar-refractivity contribution in [3.05, 3.63) is 106 Å². The van der Waals surface area contributed by atoms with E-state index in [1.807, 2.05) is 81.4 Å². The number of carbonyl (C=O) groups excluding carboxylic acids is 1. The average molecular weight is 493 g/mol. The summed E-state index contributed by atoms with van der Waals surface area (Å²) < 4.78 is 29.1. The van der Waals surface area contributed by atoms with E-state index >= 15 is 0 Å². The summed E-state index contributed by atoms with van der Waals surface area (Å²) in [7, 11) is -4.03. The molecule has 4 rings (SSSR count). The van der Waals surface area contributed by atoms with Crippen LogP contribution < -0.4 is 10.0 Å². The summed E-state index contributed by atoms with van der Waals surface area (Å²) in [5.74, 6) is -0.372. The lowest BCUT2D eigenvalue weighted by atomic mass is 9.95. The molecule has 0 fully saturated rings. The molecule has 4 aromatic rings. The molecule has 3 aromatic carbocycles. The number of rotatable bonds is 7. The molecule has 0 saturated carbocycles. The van der Waals surface area contributed by atoms with Crippen LogP contribution in [0.25, 0.3) is 0 Å². The Hall–Kier alpha value is -3.40. The van der Waals surface area contributed by atoms with Crippen LogP contribution in [0.4, 0.5) is 5.13 Å². The molecule has 1 amide bonds. The fraction of sp³-hybridized carbons (Fsp3) is 0.160. The molecule has 7 nitrogen and oxygen atoms in total. The van der Waals surface area contributed by atoms with Crippen molar-refractivity contribution in [2.24, 2.45) is 0 Å². The van der Waals surface area contributed by atoms with Crippen LogP contribution in [0.1, 0.15) is 44.2 Å². The molecule has 0 aliphatic heterocycles. The smallest absolute Gasteiger partial charge is 0.270 e. The minimum atomic E-state index is -4.03. The number of amides is 1. The number of nitrogens with zero attached hydrogens (tertiary/aromatic N) is 2. The third-order valence-corrected chi connectivity index (χ3v) is 8.02. The van der Waals surface area contributed by atoms with Crippen molar-refractivity contribution >= 4 is 32.4 Å². The summed E-state index contributed by atoms with van der Waals surface area (Å²) in [6.45, 7) is 5.77. The van der Waals surface area contributed by atoms with Gasteiger partial charge in [-0.3, -0.25) is 10.1 Å². The second kappa shape index (κ2) is 9.84. The van der Waals surface area contributed by atoms with Gasteiger partial charge in [-0.25, -0.2) is 8.42 Å². The lowest BCUT2D eigenvalue weighted by molar-refractivity contribution is 0.102. The molecule has 1 unspecified atom stereocenters. The highest BCUT2D eigenvalue weighted by Crippen LogP contribution is 2.29. The molecule has 0 aliphatic carbocycles. The molecule has 1 aromatic heterocycles. The summed E-state index contributed by atoms with van der Waals surface area (Å²) >= 11 is 0.803. The Morgan fingerprint density at radius 1 is 0.882 bits per heavy atom. The molecular weight excluding hydrogens is 468 g/mol. The highest BCUT2D eigenvalue weighted by atomic mass is 32.2. The van der Waals surface area contributed by atoms with Crippen LogP contribution >= 0.6 is 11.3 Å². The van der Waals surface area contributed by atoms with E-state index in [1.165, 1.54) is 0 Å². The van der Waals surface area contributed by atoms with Crippen molar-refractivity contribution in [1.82, 2.24) is 14.9 Å². The maximum Gasteiger partial charge on any atom is 0.270 e. The third-order valence-electron chi connectivity index (χ3n) is 5.39. The number of aromatic nitrogens is 2. The van der Waals surface area contributed by atoms with Gasteiger partial charge in [0.05, 0.1) is 6.04 Å². The van der Waals surface area contributed by atoms with E-state index in [9.17, 15) is 13.2 Å². The van der Waals surface area contributed by atoms with Crippen LogP contribution in [0.5, 0.6) is 0 Å². The summed E-state index contributed by atoms with van der Waals surface area (Å²) in [5, 5.41) is 10.5. The van der Waals surface area contributed by atoms with Crippen molar-refractivity contribution in [2.75, 3.05) is 5.32 Å². The number of sulfonamides is 1. The van der Waals surface area contributed by atoms with E-state index in [4.69, 9.17) is 0 Å². The molecule has 0 bridgehead atoms. The zero-order valence-electron chi connectivity index (χ0n) is 18.9. The van der Waals surface area contributed by atoms with Gasteiger partial charge in [0.25, 0.3) is 15.9 Å². The lowest BCUT2D eigenvalue weighted by Gasteiger charge is -2.21. The van der Waals surface area contributed by atoms with Crippen molar-refractivity contribution in [2.45, 2.75) is 31.2 Å². The van der Waals surface area contributed by atoms with Gasteiger partial charge >= 0.3 is 0 Å². The lowest BCUT2D eigenvalue weighted by Crippen LogP contribution is -2.30. The second-order valence-electron chi connectivity index (χ2n) is 7.97. The Morgan fingerprint density at radius 3 is 2.29 bits per heavy atom. The van der Waals surface area contributed by atoms with Gasteiger partial charge in [0.15, 0.2) is 0 Å². The number of anilines is 1. The van der Waals surface area contributed by atoms with Crippen molar-refractivity contribution in [3.63, 3.8) is 0 Å². The molecule has 0 saturated heterocycles. The first kappa shape index (κ1) is 23.7. The maximum absolute atomic E-state index is 13.3. The largest absolute Gasteiger partial charge is 0.296 e. The van der Waals surface area contributed by atoms with Crippen LogP contribution in [0.15, 0.2) is 77.1 Å². The van der Waals surface area contributed by atoms with Gasteiger partial charge in [-0.05, 0) is 49.1 Å². The van der Waals surface area contributed by atoms with Crippen LogP contribution in [0.3, 0.4) is 0 Å². The zero-order chi connectivity index (χ0) is 24.3. The maximum atomic E-state index is 13.3. The number of hydrogen-bond donors (Lipinski definition) is 2. The Bertz CT molecular complexity index is 1430. The SMILES string of the molecule is Cc1ccc(C(NS(=O)(=O)c2nnc(NC(=O)c3ccccc3C)s2)c2ccccc2)c(C)c1. The Labute approximate surface area is 202 Å². The molecule has 0 spiro atoms. The number of benzene rings is 3. The van der Waals surface area contributed by atoms with Crippen LogP contribution in [-0.4, -0.2) is 24.5 Å². The summed E-state index contributed by atoms with van der Waals surface area (Å²) in [6, 6.07) is 21.8. The monoisotopic (exact) mass is 492 g/mol. The van der Waals surface area contributed by atoms with Crippen LogP contribution in [0, 0.1) is 20.8 Å². The number of aryl methyl sites for hydroxylation is 3. The third kappa shape index (κ3) is 5.22. The second-order valence-corrected chi connectivity index (χ2v) is 10.8. The average Bonchev–Trinajstić information content (AvgIpc) is 3.28. The van der Waals surface area contributed by atoms with E-state index in [-0.39, 0.29) is 15.4 Å². The Morgan fingerprint density at radius 2 is 1.59 bits per heavy atom. The molecular formula is C25H24N4O3S2. The molecule has 1 atom stereocenters. The van der Waals surface area contributed by atoms with Crippen molar-refractivity contribution < 1.29 is 13.2 Å². The molecule has 1 heterocycles. The molecule has 174 valence electrons. The van der Waals surface area contributed by atoms with E-state index < -0.39 is 16.1 Å². The van der Waals surface area contributed by atoms with Crippen LogP contribution in [0.2, 0.25) is 0 Å². The van der Waals surface area contributed by atoms with E-state index in [0.717, 1.165) is 39.2 Å². The molecule has 34 heavy (non-hydrogen) atoms. The van der Waals surface area contributed by atoms with E-state index in [2.05, 4.69) is 20.2 Å². The number of hydrogen-bond acceptors (Lipinski definition) is 6. The van der Waals surface area contributed by atoms with Gasteiger partial charge in [0.2, 0.25) is 9.47 Å². The zero-order valence-corrected chi connectivity index (χ0v) is 20.6. The van der Waals surface area contributed by atoms with E-state index in [0.29, 0.717) is 5.56 Å². The predicted octanol–water partition coefficient (Wildman–Crippen LogP) is 4.78. The molecule has 0 radical (unpaired) electrons. The van der Waals surface area contributed by atoms with Gasteiger partial charge in [-0.2, -0.15) is 4.72 Å². The summed E-state index contributed by atoms with van der Waals surface area (Å²) in [5.41, 5.74) is 5.00. The molecule has 2 N–H and O–H groups in total. The highest BCUT2D eigenvalue weighted by molar-refractivity contribution is 7.91. The molecule has 0 aliphatic rings. The van der Waals surface area contributed by atoms with Crippen molar-refractivity contribution in [3.8, 4) is 0 Å². The quantitative estimate of drug-likeness (QED) is 0.362. The molecule has 9 heteroatoms. The van der Waals surface area contributed by atoms with Gasteiger partial charge in [0, 0.05) is 5.56 Å². The summed E-state index contributed by atoms with van der Waals surface area (Å²) in [4.78, 5) is 12.6. The summed E-state index contributed by atoms with van der Waals surface area (Å²) in [6.07, 6.45) is 0. The van der Waals surface area contributed by atoms with Crippen LogP contribution in [-0.2, 0) is 10.0 Å². The standard InChI is InChI=1S/C25H24N4O3S2/c1-16-13-14-20(18(3)15-16)22(19-10-5-4-6-11-19)29-34(31,32)25-28-27-24(33-25)26-23(30)21-12-8-7-9-17(21)2/h4-15,22,29H,1-3H3,(H,26,27,30). The van der Waals surface area contributed by atoms with E-state index in [1.54, 1.807) is 12.1 Å². The van der Waals surface area contributed by atoms with Gasteiger partial charge in [0.1, 0.15) is 0 Å². The minimum absolute atomic E-state index is 0.108. The number of nitrogens with one attached hydrogen (secondary N) is 2. The normalized spacial score (nSPS) is 12.3. The first-order valence-electron chi connectivity index (χ1n) is 10.6. The van der Waals surface area contributed by atoms with Gasteiger partial charge < -0.3 is 0 Å². The van der Waals surface area contributed by atoms with Gasteiger partial charge in [-0.1, -0.05) is 83.6 Å². The highest BCUT2D eigenvalue weighted by Gasteiger charge is 2.27. The van der Waals surface area contributed by atoms with Gasteiger partial charge in [-0.15, -0.1) is 10.2 Å². The topological polar surface area (TPSA) is 101 Å². The fourth-order valence-corrected chi connectivity index (χ4v) is 5.79. The Kier molecular flexibility index (Phi) is 6.87. The minimum Gasteiger partial charge on any atom is -0.296 e. The first-order valence-corrected chi connectivity index (χ1v) is 12.9. The van der Waals surface area contributed by atoms with Crippen molar-refractivity contribution in [1.29, 1.82) is 0 Å². The predicted molar refractivity (Wildman–Crippen MR) is 134 cm³/mol.